The molecule has 2 amide bonds. The van der Waals surface area contributed by atoms with Crippen LogP contribution in [-0.2, 0) is 19.4 Å². The normalized spacial score (nSPS) is 26.5. The van der Waals surface area contributed by atoms with Gasteiger partial charge in [0.25, 0.3) is 0 Å². The van der Waals surface area contributed by atoms with Crippen LogP contribution in [0.5, 0.6) is 5.75 Å². The van der Waals surface area contributed by atoms with Crippen LogP contribution in [0.1, 0.15) is 24.8 Å². The fraction of sp³-hybridized carbons (Fsp3) is 0.524. The number of amides is 2. The van der Waals surface area contributed by atoms with Crippen molar-refractivity contribution in [1.29, 1.82) is 0 Å². The van der Waals surface area contributed by atoms with Gasteiger partial charge in [0.05, 0.1) is 24.5 Å². The highest BCUT2D eigenvalue weighted by atomic mass is 32.2. The fourth-order valence-electron chi connectivity index (χ4n) is 4.47. The first-order chi connectivity index (χ1) is 13.9. The summed E-state index contributed by atoms with van der Waals surface area (Å²) in [4.78, 5) is 28.8. The molecule has 0 spiro atoms. The topological polar surface area (TPSA) is 84.0 Å². The third kappa shape index (κ3) is 4.17. The van der Waals surface area contributed by atoms with Crippen LogP contribution >= 0.6 is 0 Å². The summed E-state index contributed by atoms with van der Waals surface area (Å²) in [6.45, 7) is 1.49. The van der Waals surface area contributed by atoms with Crippen molar-refractivity contribution in [2.45, 2.75) is 25.3 Å². The molecule has 3 heterocycles. The SMILES string of the molecule is COc1ccc(C2=CCN(C(=O)[C@@H]3CC(=O)N([C@H]4CCS(=O)(=O)C4)C3)CC2)cc1. The average molecular weight is 419 g/mol. The monoisotopic (exact) mass is 418 g/mol. The van der Waals surface area contributed by atoms with Crippen LogP contribution in [0.15, 0.2) is 30.3 Å². The van der Waals surface area contributed by atoms with Gasteiger partial charge in [-0.2, -0.15) is 0 Å². The number of carbonyl (C=O) groups is 2. The van der Waals surface area contributed by atoms with Gasteiger partial charge in [0.1, 0.15) is 5.75 Å². The quantitative estimate of drug-likeness (QED) is 0.737. The van der Waals surface area contributed by atoms with Gasteiger partial charge in [0, 0.05) is 32.1 Å². The van der Waals surface area contributed by atoms with E-state index in [0.29, 0.717) is 26.1 Å². The molecule has 0 bridgehead atoms. The number of benzene rings is 1. The molecule has 0 aromatic heterocycles. The summed E-state index contributed by atoms with van der Waals surface area (Å²) in [5.41, 5.74) is 2.33. The molecule has 4 rings (SSSR count). The van der Waals surface area contributed by atoms with Crippen LogP contribution in [0.2, 0.25) is 0 Å². The van der Waals surface area contributed by atoms with Gasteiger partial charge in [-0.05, 0) is 36.1 Å². The molecule has 2 saturated heterocycles. The van der Waals surface area contributed by atoms with Crippen LogP contribution in [0.4, 0.5) is 0 Å². The van der Waals surface area contributed by atoms with Crippen molar-refractivity contribution in [3.63, 3.8) is 0 Å². The predicted octanol–water partition coefficient (Wildman–Crippen LogP) is 1.35. The summed E-state index contributed by atoms with van der Waals surface area (Å²) in [5.74, 6) is 0.487. The number of methoxy groups -OCH3 is 1. The molecule has 0 radical (unpaired) electrons. The highest BCUT2D eigenvalue weighted by molar-refractivity contribution is 7.91. The first kappa shape index (κ1) is 19.9. The molecular weight excluding hydrogens is 392 g/mol. The van der Waals surface area contributed by atoms with Gasteiger partial charge in [-0.3, -0.25) is 9.59 Å². The zero-order valence-corrected chi connectivity index (χ0v) is 17.4. The molecule has 29 heavy (non-hydrogen) atoms. The lowest BCUT2D eigenvalue weighted by molar-refractivity contribution is -0.135. The van der Waals surface area contributed by atoms with Gasteiger partial charge < -0.3 is 14.5 Å². The highest BCUT2D eigenvalue weighted by Crippen LogP contribution is 2.29. The molecule has 1 aromatic rings. The number of nitrogens with zero attached hydrogens (tertiary/aromatic N) is 2. The molecule has 3 aliphatic rings. The van der Waals surface area contributed by atoms with Crippen molar-refractivity contribution in [1.82, 2.24) is 9.80 Å². The summed E-state index contributed by atoms with van der Waals surface area (Å²) in [6.07, 6.45) is 3.50. The molecule has 8 heteroatoms. The molecule has 7 nitrogen and oxygen atoms in total. The highest BCUT2D eigenvalue weighted by Gasteiger charge is 2.42. The lowest BCUT2D eigenvalue weighted by atomic mass is 9.98. The Kier molecular flexibility index (Phi) is 5.38. The first-order valence-corrected chi connectivity index (χ1v) is 11.8. The van der Waals surface area contributed by atoms with E-state index in [4.69, 9.17) is 4.74 Å². The van der Waals surface area contributed by atoms with E-state index in [1.54, 1.807) is 16.9 Å². The minimum atomic E-state index is -3.06. The predicted molar refractivity (Wildman–Crippen MR) is 109 cm³/mol. The van der Waals surface area contributed by atoms with E-state index in [9.17, 15) is 18.0 Å². The van der Waals surface area contributed by atoms with Gasteiger partial charge in [-0.15, -0.1) is 0 Å². The Morgan fingerprint density at radius 3 is 2.55 bits per heavy atom. The second-order valence-corrected chi connectivity index (χ2v) is 10.2. The molecule has 156 valence electrons. The number of hydrogen-bond acceptors (Lipinski definition) is 5. The van der Waals surface area contributed by atoms with E-state index in [-0.39, 0.29) is 41.7 Å². The number of carbonyl (C=O) groups excluding carboxylic acids is 2. The van der Waals surface area contributed by atoms with E-state index >= 15 is 0 Å². The molecule has 0 saturated carbocycles. The zero-order chi connectivity index (χ0) is 20.6. The van der Waals surface area contributed by atoms with E-state index < -0.39 is 9.84 Å². The zero-order valence-electron chi connectivity index (χ0n) is 16.5. The minimum Gasteiger partial charge on any atom is -0.497 e. The standard InChI is InChI=1S/C21H26N2O5S/c1-28-19-4-2-15(3-5-19)16-6-9-22(10-7-16)21(25)17-12-20(24)23(13-17)18-8-11-29(26,27)14-18/h2-6,17-18H,7-14H2,1H3/t17-,18+/m1/s1. The van der Waals surface area contributed by atoms with Crippen molar-refractivity contribution in [2.24, 2.45) is 5.92 Å². The lowest BCUT2D eigenvalue weighted by Gasteiger charge is -2.29. The Hall–Kier alpha value is -2.35. The van der Waals surface area contributed by atoms with E-state index in [2.05, 4.69) is 6.08 Å². The van der Waals surface area contributed by atoms with Gasteiger partial charge in [-0.25, -0.2) is 8.42 Å². The maximum Gasteiger partial charge on any atom is 0.228 e. The molecule has 2 fully saturated rings. The first-order valence-electron chi connectivity index (χ1n) is 9.98. The fourth-order valence-corrected chi connectivity index (χ4v) is 6.20. The number of rotatable bonds is 4. The van der Waals surface area contributed by atoms with Crippen LogP contribution in [-0.4, -0.2) is 74.3 Å². The molecule has 3 aliphatic heterocycles. The maximum absolute atomic E-state index is 12.9. The molecule has 0 aliphatic carbocycles. The third-order valence-corrected chi connectivity index (χ3v) is 7.89. The second-order valence-electron chi connectivity index (χ2n) is 8.00. The van der Waals surface area contributed by atoms with Gasteiger partial charge >= 0.3 is 0 Å². The summed E-state index contributed by atoms with van der Waals surface area (Å²) < 4.78 is 28.6. The second kappa shape index (κ2) is 7.82. The number of hydrogen-bond donors (Lipinski definition) is 0. The van der Waals surface area contributed by atoms with Crippen LogP contribution < -0.4 is 4.74 Å². The van der Waals surface area contributed by atoms with Gasteiger partial charge in [0.2, 0.25) is 11.8 Å². The minimum absolute atomic E-state index is 0.00765. The smallest absolute Gasteiger partial charge is 0.228 e. The van der Waals surface area contributed by atoms with E-state index in [1.165, 1.54) is 5.57 Å². The Labute approximate surface area is 171 Å². The Balaban J connectivity index is 1.37. The largest absolute Gasteiger partial charge is 0.497 e. The van der Waals surface area contributed by atoms with Crippen molar-refractivity contribution in [3.05, 3.63) is 35.9 Å². The summed E-state index contributed by atoms with van der Waals surface area (Å²) in [5, 5.41) is 0. The van der Waals surface area contributed by atoms with E-state index in [1.807, 2.05) is 24.3 Å². The van der Waals surface area contributed by atoms with Gasteiger partial charge in [-0.1, -0.05) is 18.2 Å². The maximum atomic E-state index is 12.9. The third-order valence-electron chi connectivity index (χ3n) is 6.14. The Morgan fingerprint density at radius 1 is 1.21 bits per heavy atom. The number of ether oxygens (including phenoxy) is 1. The van der Waals surface area contributed by atoms with Crippen LogP contribution in [0.3, 0.4) is 0 Å². The van der Waals surface area contributed by atoms with Crippen molar-refractivity contribution < 1.29 is 22.7 Å². The summed E-state index contributed by atoms with van der Waals surface area (Å²) in [6, 6.07) is 7.62. The summed E-state index contributed by atoms with van der Waals surface area (Å²) in [7, 11) is -1.42. The molecule has 0 N–H and O–H groups in total. The molecular formula is C21H26N2O5S. The van der Waals surface area contributed by atoms with Crippen molar-refractivity contribution >= 4 is 27.2 Å². The van der Waals surface area contributed by atoms with Crippen LogP contribution in [0, 0.1) is 5.92 Å². The average Bonchev–Trinajstić information content (AvgIpc) is 3.29. The lowest BCUT2D eigenvalue weighted by Crippen LogP contribution is -2.41. The molecule has 0 unspecified atom stereocenters. The molecule has 1 aromatic carbocycles. The number of likely N-dealkylation sites (tertiary alicyclic amines) is 1. The van der Waals surface area contributed by atoms with Crippen molar-refractivity contribution in [3.8, 4) is 5.75 Å². The van der Waals surface area contributed by atoms with E-state index in [0.717, 1.165) is 17.7 Å². The summed E-state index contributed by atoms with van der Waals surface area (Å²) >= 11 is 0. The Morgan fingerprint density at radius 2 is 1.97 bits per heavy atom. The van der Waals surface area contributed by atoms with Crippen molar-refractivity contribution in [2.75, 3.05) is 38.2 Å². The Bertz CT molecular complexity index is 938. The van der Waals surface area contributed by atoms with Crippen LogP contribution in [0.25, 0.3) is 5.57 Å². The molecule has 2 atom stereocenters. The van der Waals surface area contributed by atoms with Gasteiger partial charge in [0.15, 0.2) is 9.84 Å². The number of sulfone groups is 1.